The van der Waals surface area contributed by atoms with Crippen LogP contribution < -0.4 is 5.43 Å². The molecule has 6 heteroatoms. The van der Waals surface area contributed by atoms with E-state index in [4.69, 9.17) is 5.11 Å². The van der Waals surface area contributed by atoms with Crippen molar-refractivity contribution in [2.24, 2.45) is 0 Å². The van der Waals surface area contributed by atoms with Crippen LogP contribution in [-0.2, 0) is 0 Å². The first-order valence-corrected chi connectivity index (χ1v) is 5.34. The molecule has 2 aromatic carbocycles. The van der Waals surface area contributed by atoms with E-state index in [1.165, 1.54) is 0 Å². The minimum Gasteiger partial charge on any atom is -0.478 e. The summed E-state index contributed by atoms with van der Waals surface area (Å²) in [4.78, 5) is 20.1. The Kier molecular flexibility index (Phi) is 5.55. The summed E-state index contributed by atoms with van der Waals surface area (Å²) in [5.74, 6) is -0.879. The van der Waals surface area contributed by atoms with Gasteiger partial charge in [0.1, 0.15) is 5.69 Å². The van der Waals surface area contributed by atoms with Gasteiger partial charge in [-0.1, -0.05) is 36.4 Å². The molecule has 0 saturated heterocycles. The number of carboxylic acids is 1. The second-order valence-corrected chi connectivity index (χ2v) is 3.41. The third-order valence-electron chi connectivity index (χ3n) is 2.01. The SMILES string of the molecule is O=C(O)c1ccccc1.O=[N+]([O-])Nc1ccccc1. The van der Waals surface area contributed by atoms with E-state index in [0.29, 0.717) is 11.3 Å². The number of carbonyl (C=O) groups is 1. The fourth-order valence-corrected chi connectivity index (χ4v) is 1.20. The van der Waals surface area contributed by atoms with Crippen molar-refractivity contribution >= 4 is 11.7 Å². The molecule has 0 radical (unpaired) electrons. The van der Waals surface area contributed by atoms with Crippen LogP contribution in [-0.4, -0.2) is 16.1 Å². The molecule has 2 rings (SSSR count). The van der Waals surface area contributed by atoms with E-state index in [0.717, 1.165) is 0 Å². The third-order valence-corrected chi connectivity index (χ3v) is 2.01. The lowest BCUT2D eigenvalue weighted by Gasteiger charge is -1.93. The van der Waals surface area contributed by atoms with Gasteiger partial charge in [-0.3, -0.25) is 0 Å². The minimum absolute atomic E-state index is 0.331. The van der Waals surface area contributed by atoms with Gasteiger partial charge < -0.3 is 5.11 Å². The molecule has 2 N–H and O–H groups in total. The molecule has 0 amide bonds. The van der Waals surface area contributed by atoms with Gasteiger partial charge in [-0.15, -0.1) is 5.43 Å². The fraction of sp³-hybridized carbons (Fsp3) is 0. The molecular weight excluding hydrogens is 248 g/mol. The van der Waals surface area contributed by atoms with Crippen molar-refractivity contribution in [3.8, 4) is 0 Å². The highest BCUT2D eigenvalue weighted by Gasteiger charge is 1.96. The molecular formula is C13H12N2O4. The fourth-order valence-electron chi connectivity index (χ4n) is 1.20. The summed E-state index contributed by atoms with van der Waals surface area (Å²) < 4.78 is 0. The number of hydrazine groups is 1. The van der Waals surface area contributed by atoms with Gasteiger partial charge in [-0.25, -0.2) is 14.9 Å². The molecule has 0 saturated carbocycles. The van der Waals surface area contributed by atoms with Gasteiger partial charge in [0.25, 0.3) is 0 Å². The van der Waals surface area contributed by atoms with E-state index < -0.39 is 11.0 Å². The normalized spacial score (nSPS) is 8.84. The summed E-state index contributed by atoms with van der Waals surface area (Å²) in [5, 5.41) is 17.7. The van der Waals surface area contributed by atoms with Gasteiger partial charge in [0.05, 0.1) is 5.56 Å². The number of nitrogens with one attached hydrogen (secondary N) is 1. The van der Waals surface area contributed by atoms with Crippen LogP contribution in [0.1, 0.15) is 10.4 Å². The van der Waals surface area contributed by atoms with Crippen molar-refractivity contribution in [2.45, 2.75) is 0 Å². The number of hydrogen-bond acceptors (Lipinski definition) is 3. The number of anilines is 1. The number of nitrogens with zero attached hydrogens (tertiary/aromatic N) is 1. The standard InChI is InChI=1S/C7H6O2.C6H6N2O2/c8-7(9)6-4-2-1-3-5-6;9-8(10)7-6-4-2-1-3-5-6/h1-5H,(H,8,9);1-5,7H. The molecule has 0 unspecified atom stereocenters. The van der Waals surface area contributed by atoms with Gasteiger partial charge >= 0.3 is 5.97 Å². The Bertz CT molecular complexity index is 529. The molecule has 0 spiro atoms. The van der Waals surface area contributed by atoms with Crippen LogP contribution >= 0.6 is 0 Å². The molecule has 0 aliphatic heterocycles. The quantitative estimate of drug-likeness (QED) is 0.653. The Morgan fingerprint density at radius 3 is 1.84 bits per heavy atom. The van der Waals surface area contributed by atoms with Crippen molar-refractivity contribution in [2.75, 3.05) is 5.43 Å². The number of rotatable bonds is 3. The summed E-state index contributed by atoms with van der Waals surface area (Å²) >= 11 is 0. The first-order chi connectivity index (χ1) is 9.09. The Hall–Kier alpha value is -2.89. The number of para-hydroxylation sites is 1. The summed E-state index contributed by atoms with van der Waals surface area (Å²) in [6, 6.07) is 16.8. The highest BCUT2D eigenvalue weighted by molar-refractivity contribution is 5.87. The molecule has 0 fully saturated rings. The van der Waals surface area contributed by atoms with Gasteiger partial charge in [-0.2, -0.15) is 0 Å². The Morgan fingerprint density at radius 2 is 1.47 bits per heavy atom. The summed E-state index contributed by atoms with van der Waals surface area (Å²) in [7, 11) is 0. The van der Waals surface area contributed by atoms with Crippen LogP contribution in [0.3, 0.4) is 0 Å². The van der Waals surface area contributed by atoms with Crippen molar-refractivity contribution in [1.82, 2.24) is 0 Å². The molecule has 0 aromatic heterocycles. The number of hydrogen-bond donors (Lipinski definition) is 2. The van der Waals surface area contributed by atoms with Crippen molar-refractivity contribution < 1.29 is 14.9 Å². The van der Waals surface area contributed by atoms with Gasteiger partial charge in [0.15, 0.2) is 5.03 Å². The summed E-state index contributed by atoms with van der Waals surface area (Å²) in [6.07, 6.45) is 0. The smallest absolute Gasteiger partial charge is 0.335 e. The lowest BCUT2D eigenvalue weighted by Crippen LogP contribution is -2.06. The highest BCUT2D eigenvalue weighted by atomic mass is 16.7. The molecule has 0 heterocycles. The Labute approximate surface area is 109 Å². The molecule has 0 aliphatic carbocycles. The number of aromatic carboxylic acids is 1. The number of nitro groups is 1. The topological polar surface area (TPSA) is 92.5 Å². The van der Waals surface area contributed by atoms with E-state index in [-0.39, 0.29) is 0 Å². The average molecular weight is 260 g/mol. The van der Waals surface area contributed by atoms with Crippen LogP contribution in [0.15, 0.2) is 60.7 Å². The lowest BCUT2D eigenvalue weighted by atomic mass is 10.2. The van der Waals surface area contributed by atoms with Crippen LogP contribution in [0, 0.1) is 10.1 Å². The molecule has 0 bridgehead atoms. The van der Waals surface area contributed by atoms with E-state index in [1.54, 1.807) is 60.7 Å². The molecule has 19 heavy (non-hydrogen) atoms. The monoisotopic (exact) mass is 260 g/mol. The van der Waals surface area contributed by atoms with Crippen LogP contribution in [0.5, 0.6) is 0 Å². The van der Waals surface area contributed by atoms with Gasteiger partial charge in [0.2, 0.25) is 0 Å². The van der Waals surface area contributed by atoms with Gasteiger partial charge in [0, 0.05) is 0 Å². The average Bonchev–Trinajstić information content (AvgIpc) is 2.41. The maximum atomic E-state index is 10.2. The van der Waals surface area contributed by atoms with E-state index in [9.17, 15) is 14.9 Å². The van der Waals surface area contributed by atoms with Crippen LogP contribution in [0.25, 0.3) is 0 Å². The molecule has 98 valence electrons. The lowest BCUT2D eigenvalue weighted by molar-refractivity contribution is -0.445. The van der Waals surface area contributed by atoms with Crippen LogP contribution in [0.2, 0.25) is 0 Å². The second kappa shape index (κ2) is 7.44. The van der Waals surface area contributed by atoms with Crippen molar-refractivity contribution in [3.63, 3.8) is 0 Å². The number of benzene rings is 2. The molecule has 2 aromatic rings. The van der Waals surface area contributed by atoms with E-state index >= 15 is 0 Å². The highest BCUT2D eigenvalue weighted by Crippen LogP contribution is 2.03. The Balaban J connectivity index is 0.000000191. The van der Waals surface area contributed by atoms with Crippen molar-refractivity contribution in [1.29, 1.82) is 0 Å². The maximum absolute atomic E-state index is 10.2. The van der Waals surface area contributed by atoms with E-state index in [2.05, 4.69) is 0 Å². The predicted octanol–water partition coefficient (Wildman–Crippen LogP) is 2.68. The zero-order valence-corrected chi connectivity index (χ0v) is 9.89. The zero-order valence-electron chi connectivity index (χ0n) is 9.89. The summed E-state index contributed by atoms with van der Waals surface area (Å²) in [5.41, 5.74) is 2.85. The second-order valence-electron chi connectivity index (χ2n) is 3.41. The molecule has 0 aliphatic rings. The molecule has 6 nitrogen and oxygen atoms in total. The zero-order chi connectivity index (χ0) is 14.1. The molecule has 0 atom stereocenters. The predicted molar refractivity (Wildman–Crippen MR) is 70.5 cm³/mol. The Morgan fingerprint density at radius 1 is 1.00 bits per heavy atom. The largest absolute Gasteiger partial charge is 0.478 e. The first kappa shape index (κ1) is 14.2. The minimum atomic E-state index is -0.879. The van der Waals surface area contributed by atoms with E-state index in [1.807, 2.05) is 5.43 Å². The first-order valence-electron chi connectivity index (χ1n) is 5.34. The number of carboxylic acid groups (broad SMARTS) is 1. The van der Waals surface area contributed by atoms with Crippen LogP contribution in [0.4, 0.5) is 5.69 Å². The maximum Gasteiger partial charge on any atom is 0.335 e. The van der Waals surface area contributed by atoms with Gasteiger partial charge in [-0.05, 0) is 24.3 Å². The van der Waals surface area contributed by atoms with Crippen molar-refractivity contribution in [3.05, 3.63) is 76.3 Å². The summed E-state index contributed by atoms with van der Waals surface area (Å²) in [6.45, 7) is 0. The third kappa shape index (κ3) is 5.83.